The summed E-state index contributed by atoms with van der Waals surface area (Å²) >= 11 is 0. The smallest absolute Gasteiger partial charge is 0.161 e. The molecule has 0 saturated heterocycles. The second-order valence-corrected chi connectivity index (χ2v) is 9.42. The van der Waals surface area contributed by atoms with Crippen molar-refractivity contribution in [2.24, 2.45) is 0 Å². The average Bonchev–Trinajstić information content (AvgIpc) is 3.78. The van der Waals surface area contributed by atoms with Crippen molar-refractivity contribution in [2.75, 3.05) is 32.2 Å². The van der Waals surface area contributed by atoms with Crippen molar-refractivity contribution in [3.05, 3.63) is 65.9 Å². The topological polar surface area (TPSA) is 70.3 Å². The number of anilines is 1. The van der Waals surface area contributed by atoms with Crippen LogP contribution < -0.4 is 5.73 Å². The molecule has 0 unspecified atom stereocenters. The fourth-order valence-electron chi connectivity index (χ4n) is 4.93. The largest absolute Gasteiger partial charge is 0.383 e. The van der Waals surface area contributed by atoms with Gasteiger partial charge < -0.3 is 15.2 Å². The third kappa shape index (κ3) is 4.16. The van der Waals surface area contributed by atoms with Crippen molar-refractivity contribution in [2.45, 2.75) is 50.4 Å². The monoisotopic (exact) mass is 443 g/mol. The Morgan fingerprint density at radius 2 is 1.27 bits per heavy atom. The number of benzene rings is 2. The fraction of sp³-hybridized carbons (Fsp3) is 0.429. The maximum atomic E-state index is 6.57. The van der Waals surface area contributed by atoms with E-state index >= 15 is 0 Å². The van der Waals surface area contributed by atoms with Crippen LogP contribution in [0.4, 0.5) is 5.82 Å². The predicted octanol–water partition coefficient (Wildman–Crippen LogP) is 5.53. The molecule has 2 fully saturated rings. The molecule has 0 spiro atoms. The lowest BCUT2D eigenvalue weighted by atomic mass is 9.89. The van der Waals surface area contributed by atoms with Crippen LogP contribution in [0.15, 0.2) is 54.7 Å². The van der Waals surface area contributed by atoms with E-state index < -0.39 is 0 Å². The molecule has 2 N–H and O–H groups in total. The Kier molecular flexibility index (Phi) is 5.94. The highest BCUT2D eigenvalue weighted by Crippen LogP contribution is 2.53. The molecule has 2 aliphatic rings. The number of ether oxygens (including phenoxy) is 2. The summed E-state index contributed by atoms with van der Waals surface area (Å²) in [5, 5.41) is 0. The number of hydrogen-bond acceptors (Lipinski definition) is 5. The first-order chi connectivity index (χ1) is 16.1. The number of nitrogens with zero attached hydrogens (tertiary/aromatic N) is 2. The predicted molar refractivity (Wildman–Crippen MR) is 132 cm³/mol. The maximum Gasteiger partial charge on any atom is 0.161 e. The van der Waals surface area contributed by atoms with E-state index in [0.29, 0.717) is 11.6 Å². The van der Waals surface area contributed by atoms with E-state index in [1.54, 1.807) is 0 Å². The van der Waals surface area contributed by atoms with Crippen molar-refractivity contribution in [3.8, 4) is 22.5 Å². The van der Waals surface area contributed by atoms with Gasteiger partial charge >= 0.3 is 0 Å². The first kappa shape index (κ1) is 22.1. The molecule has 2 saturated carbocycles. The first-order valence-corrected chi connectivity index (χ1v) is 12.1. The molecular weight excluding hydrogens is 410 g/mol. The highest BCUT2D eigenvalue weighted by atomic mass is 16.5. The molecule has 5 nitrogen and oxygen atoms in total. The van der Waals surface area contributed by atoms with E-state index in [1.807, 2.05) is 26.1 Å². The van der Waals surface area contributed by atoms with Gasteiger partial charge in [-0.2, -0.15) is 0 Å². The standard InChI is InChI=1S/C28H33N3O2/c1-3-32-18-27(13-14-27)23-11-7-5-9-20(23)22-17-30-26(31-25(22)29)21-10-6-8-12-24(21)28(15-16-28)19-33-4-2/h5-12,17H,3-4,13-16,18-19H2,1-2H3,(H2,29,30,31). The normalized spacial score (nSPS) is 17.6. The van der Waals surface area contributed by atoms with E-state index in [9.17, 15) is 0 Å². The first-order valence-electron chi connectivity index (χ1n) is 12.1. The Bertz CT molecular complexity index is 1140. The molecule has 1 heterocycles. The second kappa shape index (κ2) is 8.88. The molecule has 5 rings (SSSR count). The van der Waals surface area contributed by atoms with Crippen LogP contribution in [-0.4, -0.2) is 36.4 Å². The lowest BCUT2D eigenvalue weighted by Gasteiger charge is -2.21. The molecule has 33 heavy (non-hydrogen) atoms. The Balaban J connectivity index is 1.50. The summed E-state index contributed by atoms with van der Waals surface area (Å²) in [5.41, 5.74) is 12.3. The van der Waals surface area contributed by atoms with Crippen molar-refractivity contribution in [1.82, 2.24) is 9.97 Å². The lowest BCUT2D eigenvalue weighted by Crippen LogP contribution is -2.17. The Morgan fingerprint density at radius 1 is 0.758 bits per heavy atom. The van der Waals surface area contributed by atoms with Crippen LogP contribution in [0.2, 0.25) is 0 Å². The average molecular weight is 444 g/mol. The second-order valence-electron chi connectivity index (χ2n) is 9.42. The highest BCUT2D eigenvalue weighted by Gasteiger charge is 2.47. The number of hydrogen-bond donors (Lipinski definition) is 1. The number of nitrogens with two attached hydrogens (primary N) is 1. The van der Waals surface area contributed by atoms with Crippen LogP contribution in [0.3, 0.4) is 0 Å². The molecule has 0 amide bonds. The zero-order valence-electron chi connectivity index (χ0n) is 19.6. The molecule has 2 aliphatic carbocycles. The SMILES string of the molecule is CCOCC1(c2ccccc2-c2ncc(-c3ccccc3C3(COCC)CC3)c(N)n2)CC1. The minimum Gasteiger partial charge on any atom is -0.383 e. The van der Waals surface area contributed by atoms with Gasteiger partial charge in [-0.15, -0.1) is 0 Å². The summed E-state index contributed by atoms with van der Waals surface area (Å²) in [7, 11) is 0. The summed E-state index contributed by atoms with van der Waals surface area (Å²) in [6, 6.07) is 16.9. The molecule has 0 aliphatic heterocycles. The summed E-state index contributed by atoms with van der Waals surface area (Å²) < 4.78 is 11.6. The summed E-state index contributed by atoms with van der Waals surface area (Å²) in [4.78, 5) is 9.61. The van der Waals surface area contributed by atoms with Crippen LogP contribution >= 0.6 is 0 Å². The number of aromatic nitrogens is 2. The number of nitrogen functional groups attached to an aromatic ring is 1. The molecule has 172 valence electrons. The van der Waals surface area contributed by atoms with Gasteiger partial charge in [0, 0.05) is 41.4 Å². The maximum absolute atomic E-state index is 6.57. The molecule has 5 heteroatoms. The van der Waals surface area contributed by atoms with Gasteiger partial charge in [-0.25, -0.2) is 9.97 Å². The molecule has 0 atom stereocenters. The van der Waals surface area contributed by atoms with Crippen LogP contribution in [0.5, 0.6) is 0 Å². The van der Waals surface area contributed by atoms with Gasteiger partial charge in [0.05, 0.1) is 13.2 Å². The van der Waals surface area contributed by atoms with Gasteiger partial charge in [-0.05, 0) is 56.2 Å². The highest BCUT2D eigenvalue weighted by molar-refractivity contribution is 5.79. The Labute approximate surface area is 196 Å². The van der Waals surface area contributed by atoms with Gasteiger partial charge in [0.15, 0.2) is 5.82 Å². The molecular formula is C28H33N3O2. The van der Waals surface area contributed by atoms with E-state index in [0.717, 1.165) is 68.8 Å². The van der Waals surface area contributed by atoms with Gasteiger partial charge in [0.2, 0.25) is 0 Å². The summed E-state index contributed by atoms with van der Waals surface area (Å²) in [6.07, 6.45) is 6.43. The molecule has 2 aromatic carbocycles. The van der Waals surface area contributed by atoms with Gasteiger partial charge in [0.25, 0.3) is 0 Å². The molecule has 0 radical (unpaired) electrons. The minimum absolute atomic E-state index is 0.0770. The molecule has 1 aromatic heterocycles. The Morgan fingerprint density at radius 3 is 1.79 bits per heavy atom. The zero-order chi connectivity index (χ0) is 22.9. The van der Waals surface area contributed by atoms with Gasteiger partial charge in [-0.3, -0.25) is 0 Å². The Hall–Kier alpha value is -2.76. The van der Waals surface area contributed by atoms with Crippen molar-refractivity contribution in [1.29, 1.82) is 0 Å². The van der Waals surface area contributed by atoms with Crippen LogP contribution in [0, 0.1) is 0 Å². The third-order valence-electron chi connectivity index (χ3n) is 7.22. The quantitative estimate of drug-likeness (QED) is 0.446. The third-order valence-corrected chi connectivity index (χ3v) is 7.22. The van der Waals surface area contributed by atoms with Crippen molar-refractivity contribution >= 4 is 5.82 Å². The van der Waals surface area contributed by atoms with Crippen LogP contribution in [0.25, 0.3) is 22.5 Å². The van der Waals surface area contributed by atoms with Crippen LogP contribution in [-0.2, 0) is 20.3 Å². The van der Waals surface area contributed by atoms with Crippen LogP contribution in [0.1, 0.15) is 50.7 Å². The van der Waals surface area contributed by atoms with E-state index in [2.05, 4.69) is 42.5 Å². The summed E-state index contributed by atoms with van der Waals surface area (Å²) in [5.74, 6) is 1.20. The minimum atomic E-state index is 0.0770. The van der Waals surface area contributed by atoms with E-state index in [1.165, 1.54) is 11.1 Å². The molecule has 3 aromatic rings. The number of rotatable bonds is 10. The lowest BCUT2D eigenvalue weighted by molar-refractivity contribution is 0.125. The van der Waals surface area contributed by atoms with Gasteiger partial charge in [-0.1, -0.05) is 48.5 Å². The van der Waals surface area contributed by atoms with Gasteiger partial charge in [0.1, 0.15) is 5.82 Å². The van der Waals surface area contributed by atoms with E-state index in [4.69, 9.17) is 25.2 Å². The van der Waals surface area contributed by atoms with Crippen molar-refractivity contribution < 1.29 is 9.47 Å². The van der Waals surface area contributed by atoms with E-state index in [-0.39, 0.29) is 10.8 Å². The van der Waals surface area contributed by atoms with Crippen molar-refractivity contribution in [3.63, 3.8) is 0 Å². The summed E-state index contributed by atoms with van der Waals surface area (Å²) in [6.45, 7) is 7.03. The fourth-order valence-corrected chi connectivity index (χ4v) is 4.93. The molecule has 0 bridgehead atoms. The zero-order valence-corrected chi connectivity index (χ0v) is 19.6.